The van der Waals surface area contributed by atoms with Gasteiger partial charge in [0.1, 0.15) is 6.04 Å². The summed E-state index contributed by atoms with van der Waals surface area (Å²) in [6.07, 6.45) is -0.0323. The van der Waals surface area contributed by atoms with Gasteiger partial charge in [-0.2, -0.15) is 0 Å². The molecule has 8 nitrogen and oxygen atoms in total. The number of hydrogen-bond acceptors (Lipinski definition) is 4. The number of rotatable bonds is 2. The number of nitrogens with one attached hydrogen (secondary N) is 1. The van der Waals surface area contributed by atoms with Crippen molar-refractivity contribution in [3.63, 3.8) is 0 Å². The zero-order chi connectivity index (χ0) is 14.3. The van der Waals surface area contributed by atoms with Gasteiger partial charge in [-0.1, -0.05) is 23.3 Å². The van der Waals surface area contributed by atoms with Gasteiger partial charge in [0.15, 0.2) is 0 Å². The zero-order valence-electron chi connectivity index (χ0n) is 10.2. The topological polar surface area (TPSA) is 115 Å². The molecule has 2 aliphatic heterocycles. The van der Waals surface area contributed by atoms with Gasteiger partial charge in [0.2, 0.25) is 11.8 Å². The third-order valence-electron chi connectivity index (χ3n) is 3.42. The second-order valence-corrected chi connectivity index (χ2v) is 4.57. The molecule has 1 aromatic carbocycles. The predicted octanol–water partition coefficient (Wildman–Crippen LogP) is 0.999. The van der Waals surface area contributed by atoms with Gasteiger partial charge in [0.25, 0.3) is 5.91 Å². The maximum atomic E-state index is 12.4. The summed E-state index contributed by atoms with van der Waals surface area (Å²) in [5, 5.41) is 5.67. The number of benzene rings is 1. The molecule has 0 radical (unpaired) electrons. The molecule has 100 valence electrons. The molecule has 0 saturated carbocycles. The summed E-state index contributed by atoms with van der Waals surface area (Å²) in [6.45, 7) is 0.230. The van der Waals surface area contributed by atoms with Crippen LogP contribution in [0.4, 0.5) is 5.69 Å². The summed E-state index contributed by atoms with van der Waals surface area (Å²) in [4.78, 5) is 39.3. The van der Waals surface area contributed by atoms with Crippen molar-refractivity contribution in [2.24, 2.45) is 5.11 Å². The third-order valence-corrected chi connectivity index (χ3v) is 3.42. The minimum atomic E-state index is -0.790. The molecule has 0 aliphatic carbocycles. The molecule has 2 heterocycles. The first-order chi connectivity index (χ1) is 9.61. The van der Waals surface area contributed by atoms with Gasteiger partial charge in [0.05, 0.1) is 17.7 Å². The van der Waals surface area contributed by atoms with E-state index < -0.39 is 17.9 Å². The molecule has 1 unspecified atom stereocenters. The summed E-state index contributed by atoms with van der Waals surface area (Å²) in [6, 6.07) is 4.17. The Morgan fingerprint density at radius 2 is 2.15 bits per heavy atom. The van der Waals surface area contributed by atoms with Crippen molar-refractivity contribution in [2.75, 3.05) is 0 Å². The Morgan fingerprint density at radius 3 is 2.80 bits per heavy atom. The molecule has 0 aromatic heterocycles. The van der Waals surface area contributed by atoms with Crippen LogP contribution >= 0.6 is 0 Å². The molecule has 0 bridgehead atoms. The lowest BCUT2D eigenvalue weighted by Crippen LogP contribution is -2.40. The Kier molecular flexibility index (Phi) is 2.66. The molecule has 1 saturated heterocycles. The molecule has 1 aromatic rings. The van der Waals surface area contributed by atoms with E-state index in [0.717, 1.165) is 0 Å². The van der Waals surface area contributed by atoms with Crippen LogP contribution in [-0.4, -0.2) is 28.7 Å². The second kappa shape index (κ2) is 4.36. The standard InChI is InChI=1S/C12H9N5O3/c13-16-15-7-3-1-2-6-5-17(12(20)10(6)7)8-4-9(18)14-11(8)19/h1-3,8H,4-5H2,(H,14,18,19). The van der Waals surface area contributed by atoms with Crippen molar-refractivity contribution < 1.29 is 14.4 Å². The lowest BCUT2D eigenvalue weighted by Gasteiger charge is -2.20. The highest BCUT2D eigenvalue weighted by atomic mass is 16.2. The number of carbonyl (C=O) groups is 3. The lowest BCUT2D eigenvalue weighted by molar-refractivity contribution is -0.126. The lowest BCUT2D eigenvalue weighted by atomic mass is 10.1. The minimum absolute atomic E-state index is 0.0323. The Labute approximate surface area is 113 Å². The van der Waals surface area contributed by atoms with Crippen molar-refractivity contribution in [2.45, 2.75) is 19.0 Å². The van der Waals surface area contributed by atoms with Crippen LogP contribution in [0.25, 0.3) is 10.4 Å². The van der Waals surface area contributed by atoms with Crippen LogP contribution < -0.4 is 5.32 Å². The second-order valence-electron chi connectivity index (χ2n) is 4.57. The number of imide groups is 1. The molecule has 3 amide bonds. The van der Waals surface area contributed by atoms with E-state index in [1.807, 2.05) is 0 Å². The molecule has 20 heavy (non-hydrogen) atoms. The maximum absolute atomic E-state index is 12.4. The summed E-state index contributed by atoms with van der Waals surface area (Å²) >= 11 is 0. The van der Waals surface area contributed by atoms with Gasteiger partial charge in [-0.05, 0) is 11.1 Å². The molecule has 1 atom stereocenters. The molecule has 1 N–H and O–H groups in total. The number of azide groups is 1. The van der Waals surface area contributed by atoms with Crippen LogP contribution in [0, 0.1) is 0 Å². The fourth-order valence-corrected chi connectivity index (χ4v) is 2.54. The molecule has 2 aliphatic rings. The number of fused-ring (bicyclic) bond motifs is 1. The van der Waals surface area contributed by atoms with Crippen LogP contribution in [0.2, 0.25) is 0 Å². The van der Waals surface area contributed by atoms with Gasteiger partial charge in [-0.25, -0.2) is 0 Å². The molecular weight excluding hydrogens is 262 g/mol. The summed E-state index contributed by atoms with van der Waals surface area (Å²) in [5.41, 5.74) is 9.74. The summed E-state index contributed by atoms with van der Waals surface area (Å²) in [5.74, 6) is -1.25. The fraction of sp³-hybridized carbons (Fsp3) is 0.250. The van der Waals surface area contributed by atoms with E-state index in [-0.39, 0.29) is 24.6 Å². The van der Waals surface area contributed by atoms with Gasteiger partial charge >= 0.3 is 0 Å². The van der Waals surface area contributed by atoms with E-state index in [1.54, 1.807) is 18.2 Å². The molecule has 1 fully saturated rings. The highest BCUT2D eigenvalue weighted by Crippen LogP contribution is 2.33. The van der Waals surface area contributed by atoms with Crippen molar-refractivity contribution in [1.82, 2.24) is 10.2 Å². The van der Waals surface area contributed by atoms with Crippen molar-refractivity contribution in [3.05, 3.63) is 39.8 Å². The fourth-order valence-electron chi connectivity index (χ4n) is 2.54. The predicted molar refractivity (Wildman–Crippen MR) is 66.7 cm³/mol. The SMILES string of the molecule is [N-]=[N+]=Nc1cccc2c1C(=O)N(C1CC(=O)NC1=O)C2. The summed E-state index contributed by atoms with van der Waals surface area (Å²) in [7, 11) is 0. The third kappa shape index (κ3) is 1.70. The average molecular weight is 271 g/mol. The Balaban J connectivity index is 1.99. The maximum Gasteiger partial charge on any atom is 0.255 e. The van der Waals surface area contributed by atoms with Gasteiger partial charge in [0, 0.05) is 11.5 Å². The molecular formula is C12H9N5O3. The van der Waals surface area contributed by atoms with E-state index in [0.29, 0.717) is 11.1 Å². The number of amides is 3. The van der Waals surface area contributed by atoms with Crippen LogP contribution in [0.3, 0.4) is 0 Å². The average Bonchev–Trinajstić information content (AvgIpc) is 2.91. The van der Waals surface area contributed by atoms with E-state index in [1.165, 1.54) is 4.90 Å². The van der Waals surface area contributed by atoms with Gasteiger partial charge in [-0.3, -0.25) is 19.7 Å². The minimum Gasteiger partial charge on any atom is -0.322 e. The van der Waals surface area contributed by atoms with Crippen LogP contribution in [0.1, 0.15) is 22.3 Å². The van der Waals surface area contributed by atoms with Gasteiger partial charge < -0.3 is 4.90 Å². The normalized spacial score (nSPS) is 20.7. The highest BCUT2D eigenvalue weighted by Gasteiger charge is 2.42. The molecule has 8 heteroatoms. The summed E-state index contributed by atoms with van der Waals surface area (Å²) < 4.78 is 0. The van der Waals surface area contributed by atoms with E-state index in [4.69, 9.17) is 5.53 Å². The first-order valence-electron chi connectivity index (χ1n) is 5.93. The zero-order valence-corrected chi connectivity index (χ0v) is 10.2. The Hall–Kier alpha value is -2.86. The van der Waals surface area contributed by atoms with Crippen LogP contribution in [-0.2, 0) is 16.1 Å². The van der Waals surface area contributed by atoms with Crippen molar-refractivity contribution in [3.8, 4) is 0 Å². The quantitative estimate of drug-likeness (QED) is 0.374. The first-order valence-corrected chi connectivity index (χ1v) is 5.93. The monoisotopic (exact) mass is 271 g/mol. The Morgan fingerprint density at radius 1 is 1.35 bits per heavy atom. The van der Waals surface area contributed by atoms with Crippen molar-refractivity contribution in [1.29, 1.82) is 0 Å². The van der Waals surface area contributed by atoms with Gasteiger partial charge in [-0.15, -0.1) is 0 Å². The van der Waals surface area contributed by atoms with E-state index in [2.05, 4.69) is 15.3 Å². The number of hydrogen-bond donors (Lipinski definition) is 1. The van der Waals surface area contributed by atoms with E-state index in [9.17, 15) is 14.4 Å². The van der Waals surface area contributed by atoms with E-state index >= 15 is 0 Å². The highest BCUT2D eigenvalue weighted by molar-refractivity contribution is 6.10. The largest absolute Gasteiger partial charge is 0.322 e. The van der Waals surface area contributed by atoms with Crippen LogP contribution in [0.5, 0.6) is 0 Å². The van der Waals surface area contributed by atoms with Crippen molar-refractivity contribution >= 4 is 23.4 Å². The number of nitrogens with zero attached hydrogens (tertiary/aromatic N) is 4. The number of carbonyl (C=O) groups excluding carboxylic acids is 3. The van der Waals surface area contributed by atoms with Crippen LogP contribution in [0.15, 0.2) is 23.3 Å². The smallest absolute Gasteiger partial charge is 0.255 e. The molecule has 0 spiro atoms. The Bertz CT molecular complexity index is 692. The first kappa shape index (κ1) is 12.2. The molecule has 3 rings (SSSR count).